The number of halogens is 1. The smallest absolute Gasteiger partial charge is 0.191 e. The lowest BCUT2D eigenvalue weighted by molar-refractivity contribution is -0.0318. The van der Waals surface area contributed by atoms with Crippen molar-refractivity contribution in [2.75, 3.05) is 39.5 Å². The summed E-state index contributed by atoms with van der Waals surface area (Å²) in [7, 11) is 0. The van der Waals surface area contributed by atoms with E-state index in [0.717, 1.165) is 76.1 Å². The number of nitrogens with one attached hydrogen (secondary N) is 2. The van der Waals surface area contributed by atoms with E-state index >= 15 is 0 Å². The summed E-state index contributed by atoms with van der Waals surface area (Å²) in [6, 6.07) is 7.97. The van der Waals surface area contributed by atoms with Gasteiger partial charge in [-0.2, -0.15) is 0 Å². The summed E-state index contributed by atoms with van der Waals surface area (Å²) in [5.41, 5.74) is 1.22. The van der Waals surface area contributed by atoms with Crippen molar-refractivity contribution >= 4 is 17.6 Å². The number of aliphatic imine (C=N–C) groups is 1. The molecule has 1 aliphatic rings. The second kappa shape index (κ2) is 12.1. The molecule has 0 aromatic heterocycles. The average Bonchev–Trinajstić information content (AvgIpc) is 2.62. The second-order valence-electron chi connectivity index (χ2n) is 6.10. The van der Waals surface area contributed by atoms with Crippen molar-refractivity contribution in [2.45, 2.75) is 38.7 Å². The maximum absolute atomic E-state index is 6.02. The quantitative estimate of drug-likeness (QED) is 0.400. The number of rotatable bonds is 9. The van der Waals surface area contributed by atoms with Crippen molar-refractivity contribution in [1.29, 1.82) is 0 Å². The van der Waals surface area contributed by atoms with E-state index in [1.165, 1.54) is 5.56 Å². The van der Waals surface area contributed by atoms with Crippen molar-refractivity contribution in [3.8, 4) is 0 Å². The molecule has 0 aliphatic carbocycles. The number of nitrogens with zero attached hydrogens (tertiary/aromatic N) is 1. The van der Waals surface area contributed by atoms with Gasteiger partial charge in [-0.1, -0.05) is 23.7 Å². The summed E-state index contributed by atoms with van der Waals surface area (Å²) >= 11 is 6.02. The summed E-state index contributed by atoms with van der Waals surface area (Å²) < 4.78 is 11.2. The van der Waals surface area contributed by atoms with E-state index < -0.39 is 0 Å². The van der Waals surface area contributed by atoms with E-state index in [0.29, 0.717) is 6.10 Å². The van der Waals surface area contributed by atoms with Gasteiger partial charge >= 0.3 is 0 Å². The number of guanidine groups is 1. The summed E-state index contributed by atoms with van der Waals surface area (Å²) in [6.45, 7) is 6.91. The Morgan fingerprint density at radius 3 is 2.92 bits per heavy atom. The molecule has 0 bridgehead atoms. The minimum Gasteiger partial charge on any atom is -0.381 e. The van der Waals surface area contributed by atoms with Crippen LogP contribution in [0.1, 0.15) is 31.7 Å². The van der Waals surface area contributed by atoms with Crippen LogP contribution in [0.4, 0.5) is 0 Å². The Morgan fingerprint density at radius 2 is 2.16 bits per heavy atom. The summed E-state index contributed by atoms with van der Waals surface area (Å²) in [5, 5.41) is 7.42. The fourth-order valence-electron chi connectivity index (χ4n) is 2.71. The zero-order chi connectivity index (χ0) is 17.7. The SMILES string of the molecule is CCNC(=NCCCOC1CCOCC1)NCCc1cccc(Cl)c1. The van der Waals surface area contributed by atoms with Crippen molar-refractivity contribution in [3.63, 3.8) is 0 Å². The molecule has 1 aromatic carbocycles. The molecule has 0 amide bonds. The van der Waals surface area contributed by atoms with E-state index in [4.69, 9.17) is 21.1 Å². The molecule has 0 unspecified atom stereocenters. The van der Waals surface area contributed by atoms with Crippen molar-refractivity contribution in [1.82, 2.24) is 10.6 Å². The third kappa shape index (κ3) is 8.56. The van der Waals surface area contributed by atoms with Crippen LogP contribution < -0.4 is 10.6 Å². The van der Waals surface area contributed by atoms with Gasteiger partial charge in [-0.25, -0.2) is 0 Å². The lowest BCUT2D eigenvalue weighted by Crippen LogP contribution is -2.38. The first-order valence-corrected chi connectivity index (χ1v) is 9.61. The first kappa shape index (κ1) is 20.0. The molecule has 1 saturated heterocycles. The normalized spacial score (nSPS) is 16.0. The first-order chi connectivity index (χ1) is 12.3. The fraction of sp³-hybridized carbons (Fsp3) is 0.632. The Kier molecular flexibility index (Phi) is 9.70. The molecule has 5 nitrogen and oxygen atoms in total. The number of hydrogen-bond acceptors (Lipinski definition) is 3. The predicted molar refractivity (Wildman–Crippen MR) is 104 cm³/mol. The fourth-order valence-corrected chi connectivity index (χ4v) is 2.92. The molecule has 0 radical (unpaired) electrons. The van der Waals surface area contributed by atoms with Gasteiger partial charge in [0.25, 0.3) is 0 Å². The van der Waals surface area contributed by atoms with Crippen LogP contribution >= 0.6 is 11.6 Å². The highest BCUT2D eigenvalue weighted by atomic mass is 35.5. The number of benzene rings is 1. The Morgan fingerprint density at radius 1 is 1.32 bits per heavy atom. The highest BCUT2D eigenvalue weighted by Gasteiger charge is 2.13. The van der Waals surface area contributed by atoms with E-state index in [1.54, 1.807) is 0 Å². The van der Waals surface area contributed by atoms with Crippen LogP contribution in [0, 0.1) is 0 Å². The zero-order valence-electron chi connectivity index (χ0n) is 15.1. The second-order valence-corrected chi connectivity index (χ2v) is 6.54. The minimum atomic E-state index is 0.363. The van der Waals surface area contributed by atoms with Gasteiger partial charge in [0.1, 0.15) is 0 Å². The Balaban J connectivity index is 1.63. The first-order valence-electron chi connectivity index (χ1n) is 9.24. The van der Waals surface area contributed by atoms with Gasteiger partial charge in [0, 0.05) is 44.5 Å². The van der Waals surface area contributed by atoms with Gasteiger partial charge < -0.3 is 20.1 Å². The Hall–Kier alpha value is -1.30. The summed E-state index contributed by atoms with van der Waals surface area (Å²) in [4.78, 5) is 4.61. The molecule has 2 rings (SSSR count). The maximum Gasteiger partial charge on any atom is 0.191 e. The molecular weight excluding hydrogens is 338 g/mol. The molecule has 1 heterocycles. The number of hydrogen-bond donors (Lipinski definition) is 2. The van der Waals surface area contributed by atoms with Crippen LogP contribution in [0.5, 0.6) is 0 Å². The van der Waals surface area contributed by atoms with E-state index in [-0.39, 0.29) is 0 Å². The lowest BCUT2D eigenvalue weighted by Gasteiger charge is -2.22. The topological polar surface area (TPSA) is 54.9 Å². The van der Waals surface area contributed by atoms with Gasteiger partial charge in [-0.05, 0) is 50.3 Å². The largest absolute Gasteiger partial charge is 0.381 e. The molecule has 2 N–H and O–H groups in total. The van der Waals surface area contributed by atoms with Gasteiger partial charge in [0.05, 0.1) is 6.10 Å². The zero-order valence-corrected chi connectivity index (χ0v) is 15.9. The lowest BCUT2D eigenvalue weighted by atomic mass is 10.1. The van der Waals surface area contributed by atoms with Crippen molar-refractivity contribution < 1.29 is 9.47 Å². The Bertz CT molecular complexity index is 519. The maximum atomic E-state index is 6.02. The van der Waals surface area contributed by atoms with Gasteiger partial charge in [0.15, 0.2) is 5.96 Å². The van der Waals surface area contributed by atoms with Crippen LogP contribution in [0.3, 0.4) is 0 Å². The third-order valence-electron chi connectivity index (χ3n) is 4.03. The Labute approximate surface area is 156 Å². The summed E-state index contributed by atoms with van der Waals surface area (Å²) in [6.07, 6.45) is 4.23. The average molecular weight is 368 g/mol. The van der Waals surface area contributed by atoms with Gasteiger partial charge in [-0.3, -0.25) is 4.99 Å². The van der Waals surface area contributed by atoms with E-state index in [2.05, 4.69) is 28.6 Å². The van der Waals surface area contributed by atoms with Crippen molar-refractivity contribution in [3.05, 3.63) is 34.9 Å². The molecule has 1 aliphatic heterocycles. The molecule has 0 atom stereocenters. The highest BCUT2D eigenvalue weighted by Crippen LogP contribution is 2.11. The van der Waals surface area contributed by atoms with E-state index in [1.807, 2.05) is 18.2 Å². The predicted octanol–water partition coefficient (Wildman–Crippen LogP) is 3.02. The molecular formula is C19H30ClN3O2. The minimum absolute atomic E-state index is 0.363. The monoisotopic (exact) mass is 367 g/mol. The van der Waals surface area contributed by atoms with E-state index in [9.17, 15) is 0 Å². The summed E-state index contributed by atoms with van der Waals surface area (Å²) in [5.74, 6) is 0.857. The molecule has 1 fully saturated rings. The van der Waals surface area contributed by atoms with Gasteiger partial charge in [0.2, 0.25) is 0 Å². The van der Waals surface area contributed by atoms with Crippen molar-refractivity contribution in [2.24, 2.45) is 4.99 Å². The van der Waals surface area contributed by atoms with Crippen LogP contribution in [0.2, 0.25) is 5.02 Å². The van der Waals surface area contributed by atoms with Gasteiger partial charge in [-0.15, -0.1) is 0 Å². The molecule has 140 valence electrons. The standard InChI is InChI=1S/C19H30ClN3O2/c1-2-21-19(23-11-7-16-5-3-6-17(20)15-16)22-10-4-12-25-18-8-13-24-14-9-18/h3,5-6,15,18H,2,4,7-14H2,1H3,(H2,21,22,23). The third-order valence-corrected chi connectivity index (χ3v) is 4.27. The number of ether oxygens (including phenoxy) is 2. The molecule has 1 aromatic rings. The van der Waals surface area contributed by atoms with Crippen LogP contribution in [0.25, 0.3) is 0 Å². The molecule has 0 spiro atoms. The van der Waals surface area contributed by atoms with Crippen LogP contribution in [-0.4, -0.2) is 51.5 Å². The molecule has 6 heteroatoms. The molecule has 25 heavy (non-hydrogen) atoms. The van der Waals surface area contributed by atoms with Crippen LogP contribution in [-0.2, 0) is 15.9 Å². The molecule has 0 saturated carbocycles. The highest BCUT2D eigenvalue weighted by molar-refractivity contribution is 6.30. The van der Waals surface area contributed by atoms with Crippen LogP contribution in [0.15, 0.2) is 29.3 Å².